The quantitative estimate of drug-likeness (QED) is 0.158. The van der Waals surface area contributed by atoms with Crippen molar-refractivity contribution < 1.29 is 46.4 Å². The third-order valence-corrected chi connectivity index (χ3v) is 11.2. The largest absolute Gasteiger partial charge is 0.500 e. The molecule has 10 nitrogen and oxygen atoms in total. The number of rotatable bonds is 22. The Kier molecular flexibility index (Phi) is 17.6. The van der Waals surface area contributed by atoms with Crippen LogP contribution in [0.2, 0.25) is 12.1 Å². The van der Waals surface area contributed by atoms with E-state index < -0.39 is 29.5 Å². The summed E-state index contributed by atoms with van der Waals surface area (Å²) in [6.45, 7) is 13.6. The van der Waals surface area contributed by atoms with Crippen molar-refractivity contribution in [3.63, 3.8) is 0 Å². The van der Waals surface area contributed by atoms with E-state index in [9.17, 15) is 19.8 Å². The van der Waals surface area contributed by atoms with Gasteiger partial charge in [0.15, 0.2) is 0 Å². The van der Waals surface area contributed by atoms with Gasteiger partial charge in [0.05, 0.1) is 0 Å². The van der Waals surface area contributed by atoms with Gasteiger partial charge in [-0.1, -0.05) is 0 Å². The summed E-state index contributed by atoms with van der Waals surface area (Å²) >= 11 is 0. The van der Waals surface area contributed by atoms with Crippen LogP contribution in [0.15, 0.2) is 11.1 Å². The summed E-state index contributed by atoms with van der Waals surface area (Å²) in [7, 11) is -5.89. The molecule has 0 spiro atoms. The van der Waals surface area contributed by atoms with Crippen LogP contribution < -0.4 is 0 Å². The third-order valence-electron chi connectivity index (χ3n) is 4.89. The van der Waals surface area contributed by atoms with Crippen molar-refractivity contribution in [2.45, 2.75) is 79.3 Å². The summed E-state index contributed by atoms with van der Waals surface area (Å²) in [6, 6.07) is 0.808. The molecule has 0 atom stereocenters. The summed E-state index contributed by atoms with van der Waals surface area (Å²) in [5.74, 6) is -2.48. The molecule has 0 aliphatic carbocycles. The van der Waals surface area contributed by atoms with Crippen LogP contribution in [0.4, 0.5) is 0 Å². The van der Waals surface area contributed by atoms with Gasteiger partial charge in [0.25, 0.3) is 0 Å². The topological polar surface area (TPSA) is 130 Å². The van der Waals surface area contributed by atoms with Gasteiger partial charge in [0.1, 0.15) is 0 Å². The number of hydrogen-bond acceptors (Lipinski definition) is 8. The van der Waals surface area contributed by atoms with Crippen LogP contribution in [0.3, 0.4) is 0 Å². The highest BCUT2D eigenvalue weighted by Crippen LogP contribution is 2.26. The van der Waals surface area contributed by atoms with E-state index in [0.29, 0.717) is 64.6 Å². The minimum Gasteiger partial charge on any atom is -0.478 e. The van der Waals surface area contributed by atoms with Crippen molar-refractivity contribution in [1.29, 1.82) is 0 Å². The molecule has 0 amide bonds. The van der Waals surface area contributed by atoms with Crippen LogP contribution in [-0.2, 0) is 36.1 Å². The fraction of sp³-hybridized carbons (Fsp3) is 0.818. The first-order valence-electron chi connectivity index (χ1n) is 12.2. The number of hydrogen-bond donors (Lipinski definition) is 2. The van der Waals surface area contributed by atoms with E-state index >= 15 is 0 Å². The molecule has 0 aromatic heterocycles. The molecule has 0 aliphatic heterocycles. The van der Waals surface area contributed by atoms with Gasteiger partial charge < -0.3 is 36.8 Å². The van der Waals surface area contributed by atoms with Gasteiger partial charge >= 0.3 is 29.5 Å². The maximum absolute atomic E-state index is 12.0. The maximum atomic E-state index is 12.0. The Labute approximate surface area is 206 Å². The Bertz CT molecular complexity index is 541. The van der Waals surface area contributed by atoms with Crippen LogP contribution in [0.25, 0.3) is 0 Å². The maximum Gasteiger partial charge on any atom is 0.500 e. The van der Waals surface area contributed by atoms with Crippen LogP contribution >= 0.6 is 0 Å². The zero-order valence-electron chi connectivity index (χ0n) is 21.6. The lowest BCUT2D eigenvalue weighted by atomic mass is 10.00. The Morgan fingerprint density at radius 3 is 0.941 bits per heavy atom. The lowest BCUT2D eigenvalue weighted by molar-refractivity contribution is -0.136. The zero-order chi connectivity index (χ0) is 26.0. The van der Waals surface area contributed by atoms with Crippen LogP contribution in [0.1, 0.15) is 67.2 Å². The number of carboxylic acids is 2. The van der Waals surface area contributed by atoms with Crippen molar-refractivity contribution in [2.24, 2.45) is 0 Å². The average Bonchev–Trinajstić information content (AvgIpc) is 2.76. The molecule has 0 saturated carbocycles. The fourth-order valence-corrected chi connectivity index (χ4v) is 8.96. The van der Waals surface area contributed by atoms with Gasteiger partial charge in [0.2, 0.25) is 0 Å². The molecule has 2 N–H and O–H groups in total. The smallest absolute Gasteiger partial charge is 0.478 e. The summed E-state index contributed by atoms with van der Waals surface area (Å²) in [6.07, 6.45) is 0.897. The molecule has 0 saturated heterocycles. The van der Waals surface area contributed by atoms with Crippen LogP contribution in [0.5, 0.6) is 0 Å². The van der Waals surface area contributed by atoms with Crippen LogP contribution in [-0.4, -0.2) is 79.4 Å². The van der Waals surface area contributed by atoms with E-state index in [-0.39, 0.29) is 24.0 Å². The summed E-state index contributed by atoms with van der Waals surface area (Å²) in [4.78, 5) is 24.0. The summed E-state index contributed by atoms with van der Waals surface area (Å²) < 4.78 is 34.9. The molecule has 0 bridgehead atoms. The molecular weight excluding hydrogens is 480 g/mol. The van der Waals surface area contributed by atoms with Crippen molar-refractivity contribution >= 4 is 29.5 Å². The summed E-state index contributed by atoms with van der Waals surface area (Å²) in [5.41, 5.74) is -0.229. The molecular formula is C22H44O10Si2. The van der Waals surface area contributed by atoms with Gasteiger partial charge in [-0.3, -0.25) is 0 Å². The highest BCUT2D eigenvalue weighted by Gasteiger charge is 2.41. The van der Waals surface area contributed by atoms with Crippen molar-refractivity contribution in [1.82, 2.24) is 0 Å². The third kappa shape index (κ3) is 11.5. The highest BCUT2D eigenvalue weighted by atomic mass is 28.4. The van der Waals surface area contributed by atoms with E-state index in [0.717, 1.165) is 0 Å². The van der Waals surface area contributed by atoms with Gasteiger partial charge in [-0.2, -0.15) is 0 Å². The monoisotopic (exact) mass is 524 g/mol. The first kappa shape index (κ1) is 32.9. The standard InChI is InChI=1S/C22H44O10Si2/c1-7-27-33(28-8-2,29-9-3)17-13-15-19(21(23)24)20(22(25)26)16-14-18-34(30-10-4,31-11-5)32-12-6/h7-18H2,1-6H3,(H,23,24)(H,25,26)/b20-19+. The van der Waals surface area contributed by atoms with Gasteiger partial charge in [-0.25, -0.2) is 9.59 Å². The molecule has 34 heavy (non-hydrogen) atoms. The molecule has 0 unspecified atom stereocenters. The van der Waals surface area contributed by atoms with Crippen molar-refractivity contribution in [3.05, 3.63) is 11.1 Å². The first-order valence-corrected chi connectivity index (χ1v) is 16.1. The Hall–Kier alpha value is -1.13. The zero-order valence-corrected chi connectivity index (χ0v) is 23.6. The Morgan fingerprint density at radius 2 is 0.765 bits per heavy atom. The lowest BCUT2D eigenvalue weighted by Gasteiger charge is -2.28. The minimum absolute atomic E-state index is 0.0733. The van der Waals surface area contributed by atoms with Crippen molar-refractivity contribution in [2.75, 3.05) is 39.6 Å². The molecule has 0 aliphatic rings. The molecule has 0 aromatic carbocycles. The van der Waals surface area contributed by atoms with Gasteiger partial charge in [0, 0.05) is 62.9 Å². The second kappa shape index (κ2) is 18.2. The van der Waals surface area contributed by atoms with Gasteiger partial charge in [-0.05, 0) is 67.2 Å². The van der Waals surface area contributed by atoms with Gasteiger partial charge in [-0.15, -0.1) is 0 Å². The van der Waals surface area contributed by atoms with E-state index in [4.69, 9.17) is 26.6 Å². The van der Waals surface area contributed by atoms with E-state index in [1.807, 2.05) is 41.5 Å². The van der Waals surface area contributed by atoms with E-state index in [2.05, 4.69) is 0 Å². The predicted molar refractivity (Wildman–Crippen MR) is 132 cm³/mol. The van der Waals surface area contributed by atoms with Crippen molar-refractivity contribution in [3.8, 4) is 0 Å². The molecule has 0 aromatic rings. The molecule has 12 heteroatoms. The Morgan fingerprint density at radius 1 is 0.529 bits per heavy atom. The molecule has 0 heterocycles. The molecule has 0 radical (unpaired) electrons. The average molecular weight is 525 g/mol. The highest BCUT2D eigenvalue weighted by molar-refractivity contribution is 6.61. The summed E-state index contributed by atoms with van der Waals surface area (Å²) in [5, 5.41) is 19.5. The normalized spacial score (nSPS) is 13.1. The SMILES string of the molecule is CCO[Si](CCC/C(C(=O)O)=C(/CCC[Si](OCC)(OCC)OCC)C(=O)O)(OCC)OCC. The number of carbonyl (C=O) groups is 2. The lowest BCUT2D eigenvalue weighted by Crippen LogP contribution is -2.46. The predicted octanol–water partition coefficient (Wildman–Crippen LogP) is 4.11. The second-order valence-electron chi connectivity index (χ2n) is 7.24. The molecule has 0 rings (SSSR count). The Balaban J connectivity index is 5.55. The fourth-order valence-electron chi connectivity index (χ4n) is 3.74. The molecule has 200 valence electrons. The van der Waals surface area contributed by atoms with E-state index in [1.54, 1.807) is 0 Å². The number of carboxylic acid groups (broad SMARTS) is 2. The van der Waals surface area contributed by atoms with E-state index in [1.165, 1.54) is 0 Å². The minimum atomic E-state index is -2.94. The second-order valence-corrected chi connectivity index (χ2v) is 12.7. The number of aliphatic carboxylic acids is 2. The van der Waals surface area contributed by atoms with Crippen LogP contribution in [0, 0.1) is 0 Å². The first-order chi connectivity index (χ1) is 16.2. The molecule has 0 fully saturated rings.